The van der Waals surface area contributed by atoms with E-state index in [1.165, 1.54) is 0 Å². The Hall–Kier alpha value is -0.550. The minimum Gasteiger partial charge on any atom is -0.207 e. The molecule has 0 bridgehead atoms. The average molecular weight is 294 g/mol. The van der Waals surface area contributed by atoms with Crippen molar-refractivity contribution < 1.29 is 13.2 Å². The predicted molar refractivity (Wildman–Crippen MR) is 58.8 cm³/mol. The molecule has 0 spiro atoms. The van der Waals surface area contributed by atoms with Crippen molar-refractivity contribution in [1.29, 1.82) is 0 Å². The molecule has 1 aromatic carbocycles. The van der Waals surface area contributed by atoms with E-state index in [4.69, 9.17) is 0 Å². The maximum atomic E-state index is 12.7. The Bertz CT molecular complexity index is 374. The van der Waals surface area contributed by atoms with Crippen LogP contribution in [0.25, 0.3) is 0 Å². The number of rotatable bonds is 3. The Morgan fingerprint density at radius 3 is 2.50 bits per heavy atom. The van der Waals surface area contributed by atoms with Crippen LogP contribution in [-0.4, -0.2) is 17.2 Å². The molecular formula is C11H11BrF3N. The first-order valence-electron chi connectivity index (χ1n) is 5.05. The van der Waals surface area contributed by atoms with Gasteiger partial charge in [-0.1, -0.05) is 28.1 Å². The van der Waals surface area contributed by atoms with Crippen LogP contribution in [0.4, 0.5) is 13.2 Å². The van der Waals surface area contributed by atoms with Crippen molar-refractivity contribution in [1.82, 2.24) is 4.90 Å². The van der Waals surface area contributed by atoms with Crippen molar-refractivity contribution >= 4 is 15.9 Å². The van der Waals surface area contributed by atoms with Crippen molar-refractivity contribution in [2.75, 3.05) is 0 Å². The minimum atomic E-state index is -4.23. The summed E-state index contributed by atoms with van der Waals surface area (Å²) in [5.41, 5.74) is 0.679. The lowest BCUT2D eigenvalue weighted by Crippen LogP contribution is -2.39. The average Bonchev–Trinajstić information content (AvgIpc) is 2.95. The van der Waals surface area contributed by atoms with Gasteiger partial charge in [0.15, 0.2) is 0 Å². The van der Waals surface area contributed by atoms with E-state index < -0.39 is 6.30 Å². The normalized spacial score (nSPS) is 16.8. The smallest absolute Gasteiger partial charge is 0.207 e. The summed E-state index contributed by atoms with van der Waals surface area (Å²) in [6.45, 7) is -0.0619. The molecule has 0 N–H and O–H groups in total. The highest BCUT2D eigenvalue weighted by Gasteiger charge is 2.45. The molecule has 16 heavy (non-hydrogen) atoms. The van der Waals surface area contributed by atoms with Crippen LogP contribution in [0.3, 0.4) is 0 Å². The molecule has 0 atom stereocenters. The molecule has 0 amide bonds. The zero-order chi connectivity index (χ0) is 11.8. The van der Waals surface area contributed by atoms with Gasteiger partial charge in [0.2, 0.25) is 0 Å². The van der Waals surface area contributed by atoms with Gasteiger partial charge in [0.25, 0.3) is 0 Å². The second-order valence-corrected chi connectivity index (χ2v) is 4.87. The Labute approximate surface area is 100 Å². The molecule has 0 saturated heterocycles. The van der Waals surface area contributed by atoms with Crippen LogP contribution >= 0.6 is 15.9 Å². The number of halogens is 4. The maximum absolute atomic E-state index is 12.7. The third-order valence-electron chi connectivity index (χ3n) is 2.56. The van der Waals surface area contributed by atoms with Gasteiger partial charge in [0.1, 0.15) is 0 Å². The van der Waals surface area contributed by atoms with E-state index in [2.05, 4.69) is 15.9 Å². The van der Waals surface area contributed by atoms with Crippen LogP contribution in [0.2, 0.25) is 0 Å². The van der Waals surface area contributed by atoms with E-state index in [9.17, 15) is 13.2 Å². The van der Waals surface area contributed by atoms with E-state index in [-0.39, 0.29) is 12.6 Å². The Morgan fingerprint density at radius 2 is 2.00 bits per heavy atom. The van der Waals surface area contributed by atoms with Crippen LogP contribution < -0.4 is 0 Å². The fourth-order valence-corrected chi connectivity index (χ4v) is 2.09. The zero-order valence-corrected chi connectivity index (χ0v) is 10.1. The van der Waals surface area contributed by atoms with Crippen molar-refractivity contribution in [2.45, 2.75) is 31.7 Å². The van der Waals surface area contributed by atoms with Crippen molar-refractivity contribution in [3.8, 4) is 0 Å². The highest BCUT2D eigenvalue weighted by Crippen LogP contribution is 2.36. The van der Waals surface area contributed by atoms with Gasteiger partial charge in [-0.15, -0.1) is 0 Å². The van der Waals surface area contributed by atoms with Crippen LogP contribution in [0, 0.1) is 0 Å². The predicted octanol–water partition coefficient (Wildman–Crippen LogP) is 3.93. The summed E-state index contributed by atoms with van der Waals surface area (Å²) in [5.74, 6) is 0. The highest BCUT2D eigenvalue weighted by molar-refractivity contribution is 9.10. The Balaban J connectivity index is 2.11. The lowest BCUT2D eigenvalue weighted by molar-refractivity contribution is -0.253. The molecule has 0 unspecified atom stereocenters. The summed E-state index contributed by atoms with van der Waals surface area (Å²) >= 11 is 3.26. The number of hydrogen-bond donors (Lipinski definition) is 0. The van der Waals surface area contributed by atoms with Crippen molar-refractivity contribution in [2.24, 2.45) is 0 Å². The molecule has 0 heterocycles. The fourth-order valence-electron chi connectivity index (χ4n) is 1.64. The van der Waals surface area contributed by atoms with Crippen LogP contribution in [0.1, 0.15) is 18.4 Å². The second-order valence-electron chi connectivity index (χ2n) is 3.96. The first-order valence-corrected chi connectivity index (χ1v) is 5.84. The lowest BCUT2D eigenvalue weighted by Gasteiger charge is -2.24. The molecule has 2 rings (SSSR count). The van der Waals surface area contributed by atoms with E-state index in [1.54, 1.807) is 24.3 Å². The fraction of sp³-hybridized carbons (Fsp3) is 0.455. The number of alkyl halides is 3. The molecule has 88 valence electrons. The summed E-state index contributed by atoms with van der Waals surface area (Å²) in [6.07, 6.45) is -2.94. The molecule has 1 nitrogen and oxygen atoms in total. The number of nitrogens with zero attached hydrogens (tertiary/aromatic N) is 1. The number of hydrogen-bond acceptors (Lipinski definition) is 1. The molecule has 1 fully saturated rings. The molecule has 0 aromatic heterocycles. The lowest BCUT2D eigenvalue weighted by atomic mass is 10.2. The van der Waals surface area contributed by atoms with Gasteiger partial charge >= 0.3 is 6.30 Å². The molecule has 5 heteroatoms. The van der Waals surface area contributed by atoms with E-state index in [0.29, 0.717) is 23.3 Å². The first-order chi connectivity index (χ1) is 7.47. The molecule has 1 aromatic rings. The van der Waals surface area contributed by atoms with E-state index >= 15 is 0 Å². The molecule has 0 aliphatic heterocycles. The van der Waals surface area contributed by atoms with Gasteiger partial charge < -0.3 is 0 Å². The summed E-state index contributed by atoms with van der Waals surface area (Å²) in [6, 6.07) is 6.67. The zero-order valence-electron chi connectivity index (χ0n) is 8.47. The first kappa shape index (κ1) is 11.9. The van der Waals surface area contributed by atoms with E-state index in [0.717, 1.165) is 4.47 Å². The monoisotopic (exact) mass is 293 g/mol. The van der Waals surface area contributed by atoms with Gasteiger partial charge in [0.05, 0.1) is 0 Å². The largest absolute Gasteiger partial charge is 0.460 e. The summed E-state index contributed by atoms with van der Waals surface area (Å²) in [4.78, 5) is 0.620. The van der Waals surface area contributed by atoms with Crippen LogP contribution in [-0.2, 0) is 6.54 Å². The van der Waals surface area contributed by atoms with Gasteiger partial charge in [-0.05, 0) is 30.5 Å². The topological polar surface area (TPSA) is 3.24 Å². The molecular weight excluding hydrogens is 283 g/mol. The van der Waals surface area contributed by atoms with Crippen molar-refractivity contribution in [3.63, 3.8) is 0 Å². The summed E-state index contributed by atoms with van der Waals surface area (Å²) < 4.78 is 38.9. The number of benzene rings is 1. The van der Waals surface area contributed by atoms with Gasteiger partial charge in [0, 0.05) is 17.1 Å². The Kier molecular flexibility index (Phi) is 3.26. The molecule has 0 radical (unpaired) electrons. The van der Waals surface area contributed by atoms with E-state index in [1.807, 2.05) is 0 Å². The highest BCUT2D eigenvalue weighted by atomic mass is 79.9. The van der Waals surface area contributed by atoms with Gasteiger partial charge in [-0.3, -0.25) is 0 Å². The second kappa shape index (κ2) is 4.37. The van der Waals surface area contributed by atoms with Gasteiger partial charge in [-0.2, -0.15) is 13.2 Å². The van der Waals surface area contributed by atoms with Crippen LogP contribution in [0.5, 0.6) is 0 Å². The SMILES string of the molecule is FC(F)(F)N(Cc1cccc(Br)c1)C1CC1. The summed E-state index contributed by atoms with van der Waals surface area (Å²) in [5, 5.41) is 0. The Morgan fingerprint density at radius 1 is 1.31 bits per heavy atom. The van der Waals surface area contributed by atoms with Crippen LogP contribution in [0.15, 0.2) is 28.7 Å². The quantitative estimate of drug-likeness (QED) is 0.763. The third-order valence-corrected chi connectivity index (χ3v) is 3.05. The van der Waals surface area contributed by atoms with Gasteiger partial charge in [-0.25, -0.2) is 4.90 Å². The third kappa shape index (κ3) is 2.98. The molecule has 1 saturated carbocycles. The molecule has 1 aliphatic carbocycles. The standard InChI is InChI=1S/C11H11BrF3N/c12-9-3-1-2-8(6-9)7-16(10-4-5-10)11(13,14)15/h1-3,6,10H,4-5,7H2. The minimum absolute atomic E-state index is 0.0619. The maximum Gasteiger partial charge on any atom is 0.460 e. The molecule has 1 aliphatic rings. The summed E-state index contributed by atoms with van der Waals surface area (Å²) in [7, 11) is 0. The van der Waals surface area contributed by atoms with Crippen molar-refractivity contribution in [3.05, 3.63) is 34.3 Å².